The van der Waals surface area contributed by atoms with Crippen LogP contribution in [0.1, 0.15) is 55.4 Å². The predicted octanol–water partition coefficient (Wildman–Crippen LogP) is 4.06. The van der Waals surface area contributed by atoms with E-state index in [1.54, 1.807) is 0 Å². The van der Waals surface area contributed by atoms with Crippen LogP contribution < -0.4 is 0 Å². The van der Waals surface area contributed by atoms with Gasteiger partial charge >= 0.3 is 0 Å². The van der Waals surface area contributed by atoms with E-state index in [-0.39, 0.29) is 21.7 Å². The highest BCUT2D eigenvalue weighted by Crippen LogP contribution is 2.42. The lowest BCUT2D eigenvalue weighted by Crippen LogP contribution is -2.40. The zero-order chi connectivity index (χ0) is 14.2. The molecule has 0 bridgehead atoms. The molecule has 2 nitrogen and oxygen atoms in total. The molecule has 0 aromatic rings. The van der Waals surface area contributed by atoms with Crippen molar-refractivity contribution in [1.29, 1.82) is 0 Å². The molecule has 0 aromatic carbocycles. The largest absolute Gasteiger partial charge is 0.236 e. The predicted molar refractivity (Wildman–Crippen MR) is 74.8 cm³/mol. The standard InChI is InChI=1S/C16H28O2/c1-13(2)9-10-14(3,4)16(7,8)12-18-17-11-15(13,5)6/h11-12H2,1-8H3. The van der Waals surface area contributed by atoms with Crippen molar-refractivity contribution in [3.8, 4) is 11.8 Å². The van der Waals surface area contributed by atoms with Crippen molar-refractivity contribution in [3.05, 3.63) is 0 Å². The highest BCUT2D eigenvalue weighted by molar-refractivity contribution is 5.20. The van der Waals surface area contributed by atoms with Crippen LogP contribution in [0, 0.1) is 33.5 Å². The van der Waals surface area contributed by atoms with Gasteiger partial charge in [0.1, 0.15) is 0 Å². The van der Waals surface area contributed by atoms with E-state index in [0.29, 0.717) is 13.2 Å². The summed E-state index contributed by atoms with van der Waals surface area (Å²) in [6.07, 6.45) is 0. The maximum absolute atomic E-state index is 5.42. The van der Waals surface area contributed by atoms with E-state index in [2.05, 4.69) is 67.2 Å². The molecule has 0 unspecified atom stereocenters. The minimum atomic E-state index is -0.110. The molecule has 104 valence electrons. The van der Waals surface area contributed by atoms with Crippen molar-refractivity contribution in [2.24, 2.45) is 21.7 Å². The summed E-state index contributed by atoms with van der Waals surface area (Å²) in [6, 6.07) is 0. The lowest BCUT2D eigenvalue weighted by Gasteiger charge is -2.41. The Morgan fingerprint density at radius 1 is 0.611 bits per heavy atom. The van der Waals surface area contributed by atoms with Gasteiger partial charge in [-0.05, 0) is 27.7 Å². The molecule has 18 heavy (non-hydrogen) atoms. The van der Waals surface area contributed by atoms with Gasteiger partial charge < -0.3 is 0 Å². The van der Waals surface area contributed by atoms with Gasteiger partial charge in [-0.25, -0.2) is 9.78 Å². The molecule has 1 rings (SSSR count). The highest BCUT2D eigenvalue weighted by atomic mass is 17.2. The zero-order valence-corrected chi connectivity index (χ0v) is 13.2. The Labute approximate surface area is 112 Å². The molecule has 0 aromatic heterocycles. The lowest BCUT2D eigenvalue weighted by molar-refractivity contribution is -0.329. The van der Waals surface area contributed by atoms with Crippen LogP contribution in [0.4, 0.5) is 0 Å². The smallest absolute Gasteiger partial charge is 0.0887 e. The van der Waals surface area contributed by atoms with E-state index in [1.807, 2.05) is 0 Å². The molecule has 0 N–H and O–H groups in total. The second-order valence-electron chi connectivity index (χ2n) is 7.79. The molecule has 0 fully saturated rings. The molecule has 0 saturated heterocycles. The Morgan fingerprint density at radius 2 is 0.889 bits per heavy atom. The Kier molecular flexibility index (Phi) is 3.92. The Morgan fingerprint density at radius 3 is 1.17 bits per heavy atom. The average molecular weight is 252 g/mol. The minimum Gasteiger partial charge on any atom is -0.236 e. The van der Waals surface area contributed by atoms with Crippen molar-refractivity contribution < 1.29 is 9.78 Å². The fraction of sp³-hybridized carbons (Fsp3) is 0.875. The summed E-state index contributed by atoms with van der Waals surface area (Å²) < 4.78 is 0. The third-order valence-corrected chi connectivity index (χ3v) is 4.99. The van der Waals surface area contributed by atoms with Crippen LogP contribution in [0.2, 0.25) is 0 Å². The first-order valence-electron chi connectivity index (χ1n) is 6.70. The van der Waals surface area contributed by atoms with Crippen molar-refractivity contribution in [1.82, 2.24) is 0 Å². The van der Waals surface area contributed by atoms with Gasteiger partial charge in [-0.1, -0.05) is 39.5 Å². The summed E-state index contributed by atoms with van der Waals surface area (Å²) in [5, 5.41) is 0. The lowest BCUT2D eigenvalue weighted by atomic mass is 9.65. The Balaban J connectivity index is 3.20. The molecule has 1 aliphatic heterocycles. The third-order valence-electron chi connectivity index (χ3n) is 4.99. The maximum atomic E-state index is 5.42. The minimum absolute atomic E-state index is 0.0441. The monoisotopic (exact) mass is 252 g/mol. The van der Waals surface area contributed by atoms with Crippen LogP contribution in [0.25, 0.3) is 0 Å². The van der Waals surface area contributed by atoms with Gasteiger partial charge in [-0.3, -0.25) is 0 Å². The summed E-state index contributed by atoms with van der Waals surface area (Å²) in [7, 11) is 0. The second kappa shape index (κ2) is 4.54. The normalized spacial score (nSPS) is 28.9. The molecule has 2 heteroatoms. The van der Waals surface area contributed by atoms with E-state index >= 15 is 0 Å². The summed E-state index contributed by atoms with van der Waals surface area (Å²) in [5.74, 6) is 6.96. The summed E-state index contributed by atoms with van der Waals surface area (Å²) in [5.41, 5.74) is -0.308. The van der Waals surface area contributed by atoms with E-state index < -0.39 is 0 Å². The van der Waals surface area contributed by atoms with Gasteiger partial charge in [0.15, 0.2) is 0 Å². The number of hydrogen-bond acceptors (Lipinski definition) is 2. The SMILES string of the molecule is CC1(C)C#CC(C)(C)C(C)(C)COOCC1(C)C. The molecule has 0 aliphatic carbocycles. The molecule has 0 spiro atoms. The Bertz CT molecular complexity index is 330. The van der Waals surface area contributed by atoms with Gasteiger partial charge in [0.2, 0.25) is 0 Å². The molecular weight excluding hydrogens is 224 g/mol. The topological polar surface area (TPSA) is 18.5 Å². The molecule has 0 amide bonds. The first kappa shape index (κ1) is 15.5. The maximum Gasteiger partial charge on any atom is 0.0887 e. The molecule has 0 atom stereocenters. The average Bonchev–Trinajstić information content (AvgIpc) is 2.20. The van der Waals surface area contributed by atoms with E-state index in [0.717, 1.165) is 0 Å². The van der Waals surface area contributed by atoms with Gasteiger partial charge in [0, 0.05) is 21.7 Å². The first-order valence-corrected chi connectivity index (χ1v) is 6.70. The summed E-state index contributed by atoms with van der Waals surface area (Å²) in [6.45, 7) is 18.5. The van der Waals surface area contributed by atoms with E-state index in [9.17, 15) is 0 Å². The van der Waals surface area contributed by atoms with Crippen molar-refractivity contribution in [2.75, 3.05) is 13.2 Å². The quantitative estimate of drug-likeness (QED) is 0.478. The zero-order valence-electron chi connectivity index (χ0n) is 13.2. The van der Waals surface area contributed by atoms with Gasteiger partial charge in [-0.2, -0.15) is 0 Å². The fourth-order valence-corrected chi connectivity index (χ4v) is 1.39. The first-order chi connectivity index (χ1) is 7.91. The number of rotatable bonds is 0. The molecule has 0 radical (unpaired) electrons. The van der Waals surface area contributed by atoms with Crippen LogP contribution in [0.15, 0.2) is 0 Å². The van der Waals surface area contributed by atoms with Crippen LogP contribution in [-0.2, 0) is 9.78 Å². The van der Waals surface area contributed by atoms with Gasteiger partial charge in [0.25, 0.3) is 0 Å². The van der Waals surface area contributed by atoms with Gasteiger partial charge in [0.05, 0.1) is 13.2 Å². The third kappa shape index (κ3) is 2.90. The van der Waals surface area contributed by atoms with Crippen LogP contribution in [0.5, 0.6) is 0 Å². The molecule has 1 heterocycles. The molecule has 1 aliphatic rings. The van der Waals surface area contributed by atoms with Gasteiger partial charge in [-0.15, -0.1) is 0 Å². The second-order valence-corrected chi connectivity index (χ2v) is 7.79. The fourth-order valence-electron chi connectivity index (χ4n) is 1.39. The highest BCUT2D eigenvalue weighted by Gasteiger charge is 2.41. The molecule has 0 saturated carbocycles. The van der Waals surface area contributed by atoms with Crippen LogP contribution in [0.3, 0.4) is 0 Å². The van der Waals surface area contributed by atoms with Crippen LogP contribution in [-0.4, -0.2) is 13.2 Å². The van der Waals surface area contributed by atoms with Crippen LogP contribution >= 0.6 is 0 Å². The van der Waals surface area contributed by atoms with E-state index in [1.165, 1.54) is 0 Å². The van der Waals surface area contributed by atoms with E-state index in [4.69, 9.17) is 9.78 Å². The van der Waals surface area contributed by atoms with Crippen molar-refractivity contribution >= 4 is 0 Å². The van der Waals surface area contributed by atoms with Crippen molar-refractivity contribution in [3.63, 3.8) is 0 Å². The number of hydrogen-bond donors (Lipinski definition) is 0. The summed E-state index contributed by atoms with van der Waals surface area (Å²) in [4.78, 5) is 10.8. The van der Waals surface area contributed by atoms with Crippen molar-refractivity contribution in [2.45, 2.75) is 55.4 Å². The molecular formula is C16H28O2. The Hall–Kier alpha value is -0.520. The summed E-state index contributed by atoms with van der Waals surface area (Å²) >= 11 is 0.